The molecule has 0 N–H and O–H groups in total. The molecule has 0 saturated carbocycles. The Labute approximate surface area is 169 Å². The van der Waals surface area contributed by atoms with E-state index in [0.717, 1.165) is 4.31 Å². The van der Waals surface area contributed by atoms with Crippen LogP contribution in [0, 0.1) is 21.4 Å². The van der Waals surface area contributed by atoms with Crippen LogP contribution in [-0.4, -0.2) is 49.1 Å². The van der Waals surface area contributed by atoms with Gasteiger partial charge in [-0.05, 0) is 36.8 Å². The molecule has 0 aromatic heterocycles. The average molecular weight is 416 g/mol. The number of sulfonamides is 1. The van der Waals surface area contributed by atoms with Crippen molar-refractivity contribution in [3.05, 3.63) is 69.8 Å². The molecule has 0 heterocycles. The molecular formula is C19H20N4O5S. The fraction of sp³-hybridized carbons (Fsp3) is 0.263. The summed E-state index contributed by atoms with van der Waals surface area (Å²) in [5.74, 6) is -0.469. The zero-order valence-corrected chi connectivity index (χ0v) is 17.0. The van der Waals surface area contributed by atoms with E-state index in [2.05, 4.69) is 0 Å². The summed E-state index contributed by atoms with van der Waals surface area (Å²) in [7, 11) is -1.12. The number of benzene rings is 2. The quantitative estimate of drug-likeness (QED) is 0.504. The van der Waals surface area contributed by atoms with Crippen molar-refractivity contribution in [3.63, 3.8) is 0 Å². The Morgan fingerprint density at radius 1 is 1.21 bits per heavy atom. The van der Waals surface area contributed by atoms with E-state index in [1.807, 2.05) is 6.07 Å². The van der Waals surface area contributed by atoms with Crippen molar-refractivity contribution < 1.29 is 18.1 Å². The molecule has 1 atom stereocenters. The van der Waals surface area contributed by atoms with Gasteiger partial charge in [0.2, 0.25) is 15.9 Å². The number of carbonyl (C=O) groups is 1. The van der Waals surface area contributed by atoms with Gasteiger partial charge in [-0.25, -0.2) is 8.42 Å². The molecule has 152 valence electrons. The average Bonchev–Trinajstić information content (AvgIpc) is 2.72. The summed E-state index contributed by atoms with van der Waals surface area (Å²) in [5.41, 5.74) is 0.802. The molecule has 0 spiro atoms. The highest BCUT2D eigenvalue weighted by Gasteiger charge is 2.26. The number of likely N-dealkylation sites (N-methyl/N-ethyl adjacent to an activating group) is 2. The lowest BCUT2D eigenvalue weighted by Crippen LogP contribution is -2.40. The number of rotatable bonds is 7. The lowest BCUT2D eigenvalue weighted by Gasteiger charge is -2.27. The number of hydrogen-bond donors (Lipinski definition) is 0. The van der Waals surface area contributed by atoms with E-state index in [1.165, 1.54) is 61.5 Å². The van der Waals surface area contributed by atoms with Gasteiger partial charge in [0.05, 0.1) is 34.0 Å². The summed E-state index contributed by atoms with van der Waals surface area (Å²) in [6.07, 6.45) is 0. The van der Waals surface area contributed by atoms with Crippen LogP contribution >= 0.6 is 0 Å². The number of nitro benzene ring substituents is 1. The predicted octanol–water partition coefficient (Wildman–Crippen LogP) is 2.31. The maximum absolute atomic E-state index is 12.6. The Kier molecular flexibility index (Phi) is 6.68. The van der Waals surface area contributed by atoms with Gasteiger partial charge in [0.15, 0.2) is 0 Å². The Balaban J connectivity index is 2.14. The van der Waals surface area contributed by atoms with Crippen LogP contribution < -0.4 is 0 Å². The first-order valence-electron chi connectivity index (χ1n) is 8.54. The molecule has 2 rings (SSSR count). The third-order valence-corrected chi connectivity index (χ3v) is 6.40. The monoisotopic (exact) mass is 416 g/mol. The van der Waals surface area contributed by atoms with Gasteiger partial charge in [0, 0.05) is 26.2 Å². The molecule has 2 aromatic rings. The molecule has 0 aliphatic carbocycles. The van der Waals surface area contributed by atoms with E-state index in [0.29, 0.717) is 11.1 Å². The minimum absolute atomic E-state index is 0.0267. The molecule has 9 nitrogen and oxygen atoms in total. The Morgan fingerprint density at radius 3 is 2.38 bits per heavy atom. The first kappa shape index (κ1) is 22.0. The molecule has 0 saturated heterocycles. The van der Waals surface area contributed by atoms with Crippen molar-refractivity contribution in [1.29, 1.82) is 5.26 Å². The Morgan fingerprint density at radius 2 is 1.83 bits per heavy atom. The number of nitrogens with zero attached hydrogens (tertiary/aromatic N) is 4. The van der Waals surface area contributed by atoms with Gasteiger partial charge in [0.25, 0.3) is 5.69 Å². The van der Waals surface area contributed by atoms with Gasteiger partial charge >= 0.3 is 0 Å². The lowest BCUT2D eigenvalue weighted by atomic mass is 10.1. The molecule has 29 heavy (non-hydrogen) atoms. The van der Waals surface area contributed by atoms with Crippen molar-refractivity contribution in [2.24, 2.45) is 0 Å². The van der Waals surface area contributed by atoms with E-state index in [1.54, 1.807) is 13.0 Å². The van der Waals surface area contributed by atoms with Crippen molar-refractivity contribution in [3.8, 4) is 6.07 Å². The van der Waals surface area contributed by atoms with Gasteiger partial charge in [-0.15, -0.1) is 0 Å². The molecule has 2 aromatic carbocycles. The van der Waals surface area contributed by atoms with Crippen LogP contribution in [0.15, 0.2) is 53.4 Å². The first-order chi connectivity index (χ1) is 13.6. The van der Waals surface area contributed by atoms with Crippen molar-refractivity contribution in [2.45, 2.75) is 17.9 Å². The molecular weight excluding hydrogens is 396 g/mol. The highest BCUT2D eigenvalue weighted by Crippen LogP contribution is 2.23. The van der Waals surface area contributed by atoms with Crippen molar-refractivity contribution in [2.75, 3.05) is 20.6 Å². The largest absolute Gasteiger partial charge is 0.338 e. The summed E-state index contributed by atoms with van der Waals surface area (Å²) in [6.45, 7) is 1.30. The maximum atomic E-state index is 12.6. The number of non-ortho nitro benzene ring substituents is 1. The second kappa shape index (κ2) is 8.81. The van der Waals surface area contributed by atoms with Crippen LogP contribution in [0.5, 0.6) is 0 Å². The minimum Gasteiger partial charge on any atom is -0.338 e. The van der Waals surface area contributed by atoms with Crippen LogP contribution in [0.4, 0.5) is 5.69 Å². The smallest absolute Gasteiger partial charge is 0.269 e. The Hall–Kier alpha value is -3.29. The second-order valence-electron chi connectivity index (χ2n) is 6.43. The lowest BCUT2D eigenvalue weighted by molar-refractivity contribution is -0.384. The fourth-order valence-corrected chi connectivity index (χ4v) is 3.73. The maximum Gasteiger partial charge on any atom is 0.269 e. The van der Waals surface area contributed by atoms with E-state index in [9.17, 15) is 23.3 Å². The number of amides is 1. The normalized spacial score (nSPS) is 12.2. The van der Waals surface area contributed by atoms with E-state index < -0.39 is 33.4 Å². The van der Waals surface area contributed by atoms with Gasteiger partial charge < -0.3 is 4.90 Å². The molecule has 1 unspecified atom stereocenters. The SMILES string of the molecule is CC(c1cccc([N+](=O)[O-])c1)N(C)C(=O)CN(C)S(=O)(=O)c1ccc(C#N)cc1. The first-order valence-corrected chi connectivity index (χ1v) is 9.98. The molecule has 1 amide bonds. The molecule has 0 aliphatic heterocycles. The number of nitriles is 1. The van der Waals surface area contributed by atoms with Crippen LogP contribution in [0.1, 0.15) is 24.1 Å². The van der Waals surface area contributed by atoms with Gasteiger partial charge in [-0.1, -0.05) is 12.1 Å². The van der Waals surface area contributed by atoms with Crippen LogP contribution in [0.3, 0.4) is 0 Å². The van der Waals surface area contributed by atoms with Gasteiger partial charge in [-0.3, -0.25) is 14.9 Å². The van der Waals surface area contributed by atoms with Crippen LogP contribution in [0.25, 0.3) is 0 Å². The molecule has 0 bridgehead atoms. The summed E-state index contributed by atoms with van der Waals surface area (Å²) >= 11 is 0. The summed E-state index contributed by atoms with van der Waals surface area (Å²) in [4.78, 5) is 24.3. The third-order valence-electron chi connectivity index (χ3n) is 4.59. The van der Waals surface area contributed by atoms with E-state index >= 15 is 0 Å². The van der Waals surface area contributed by atoms with Crippen molar-refractivity contribution in [1.82, 2.24) is 9.21 Å². The second-order valence-corrected chi connectivity index (χ2v) is 8.47. The Bertz CT molecular complexity index is 1060. The highest BCUT2D eigenvalue weighted by atomic mass is 32.2. The summed E-state index contributed by atoms with van der Waals surface area (Å²) < 4.78 is 26.2. The van der Waals surface area contributed by atoms with Gasteiger partial charge in [0.1, 0.15) is 0 Å². The molecule has 0 radical (unpaired) electrons. The number of hydrogen-bond acceptors (Lipinski definition) is 6. The zero-order valence-electron chi connectivity index (χ0n) is 16.1. The predicted molar refractivity (Wildman–Crippen MR) is 105 cm³/mol. The summed E-state index contributed by atoms with van der Waals surface area (Å²) in [6, 6.07) is 12.7. The van der Waals surface area contributed by atoms with E-state index in [4.69, 9.17) is 5.26 Å². The van der Waals surface area contributed by atoms with Crippen LogP contribution in [-0.2, 0) is 14.8 Å². The number of carbonyl (C=O) groups excluding carboxylic acids is 1. The standard InChI is InChI=1S/C19H20N4O5S/c1-14(16-5-4-6-17(11-16)23(25)26)22(3)19(24)13-21(2)29(27,28)18-9-7-15(12-20)8-10-18/h4-11,14H,13H2,1-3H3. The van der Waals surface area contributed by atoms with Crippen molar-refractivity contribution >= 4 is 21.6 Å². The number of nitro groups is 1. The minimum atomic E-state index is -3.91. The van der Waals surface area contributed by atoms with Crippen LogP contribution in [0.2, 0.25) is 0 Å². The van der Waals surface area contributed by atoms with E-state index in [-0.39, 0.29) is 10.6 Å². The molecule has 10 heteroatoms. The highest BCUT2D eigenvalue weighted by molar-refractivity contribution is 7.89. The zero-order chi connectivity index (χ0) is 21.8. The topological polar surface area (TPSA) is 125 Å². The molecule has 0 fully saturated rings. The third kappa shape index (κ3) is 4.96. The van der Waals surface area contributed by atoms with Gasteiger partial charge in [-0.2, -0.15) is 9.57 Å². The molecule has 0 aliphatic rings. The summed E-state index contributed by atoms with van der Waals surface area (Å²) in [5, 5.41) is 19.8. The fourth-order valence-electron chi connectivity index (χ4n) is 2.61.